The molecule has 0 atom stereocenters. The standard InChI is InChI=1S/C16H24N8O/c1-21(2)16(25)22-7-5-12(6-8-22)15-20-19-14(24(15)13-3-4-13)9-23-11-17-10-18-23/h10-13H,3-9H2,1-2H3. The third-order valence-electron chi connectivity index (χ3n) is 4.99. The van der Waals surface area contributed by atoms with E-state index in [-0.39, 0.29) is 6.03 Å². The molecule has 3 heterocycles. The molecule has 2 aromatic rings. The Labute approximate surface area is 146 Å². The van der Waals surface area contributed by atoms with Crippen molar-refractivity contribution in [3.8, 4) is 0 Å². The van der Waals surface area contributed by atoms with Crippen LogP contribution in [0.15, 0.2) is 12.7 Å². The first-order valence-corrected chi connectivity index (χ1v) is 8.86. The number of piperidine rings is 1. The van der Waals surface area contributed by atoms with Crippen LogP contribution in [-0.2, 0) is 6.54 Å². The number of likely N-dealkylation sites (tertiary alicyclic amines) is 1. The molecular weight excluding hydrogens is 320 g/mol. The van der Waals surface area contributed by atoms with Crippen molar-refractivity contribution in [2.75, 3.05) is 27.2 Å². The van der Waals surface area contributed by atoms with Crippen LogP contribution in [0.5, 0.6) is 0 Å². The second-order valence-corrected chi connectivity index (χ2v) is 7.11. The molecule has 0 N–H and O–H groups in total. The summed E-state index contributed by atoms with van der Waals surface area (Å²) in [5, 5.41) is 13.1. The van der Waals surface area contributed by atoms with Gasteiger partial charge in [-0.05, 0) is 25.7 Å². The number of urea groups is 1. The Morgan fingerprint density at radius 1 is 1.20 bits per heavy atom. The highest BCUT2D eigenvalue weighted by atomic mass is 16.2. The van der Waals surface area contributed by atoms with Crippen LogP contribution < -0.4 is 0 Å². The molecule has 0 spiro atoms. The molecule has 2 fully saturated rings. The molecule has 9 heteroatoms. The van der Waals surface area contributed by atoms with Gasteiger partial charge in [0.2, 0.25) is 0 Å². The van der Waals surface area contributed by atoms with Gasteiger partial charge in [0.05, 0.1) is 0 Å². The van der Waals surface area contributed by atoms with Gasteiger partial charge in [-0.3, -0.25) is 0 Å². The van der Waals surface area contributed by atoms with Crippen LogP contribution in [0.2, 0.25) is 0 Å². The number of amides is 2. The highest BCUT2D eigenvalue weighted by molar-refractivity contribution is 5.73. The van der Waals surface area contributed by atoms with E-state index in [1.807, 2.05) is 4.90 Å². The first-order valence-electron chi connectivity index (χ1n) is 8.86. The fourth-order valence-corrected chi connectivity index (χ4v) is 3.53. The lowest BCUT2D eigenvalue weighted by Crippen LogP contribution is -2.43. The predicted molar refractivity (Wildman–Crippen MR) is 90.0 cm³/mol. The number of rotatable bonds is 4. The van der Waals surface area contributed by atoms with Crippen LogP contribution in [0.25, 0.3) is 0 Å². The molecular formula is C16H24N8O. The quantitative estimate of drug-likeness (QED) is 0.829. The van der Waals surface area contributed by atoms with Crippen LogP contribution in [0, 0.1) is 0 Å². The highest BCUT2D eigenvalue weighted by Crippen LogP contribution is 2.39. The summed E-state index contributed by atoms with van der Waals surface area (Å²) in [5.74, 6) is 2.40. The average Bonchev–Trinajstić information content (AvgIpc) is 3.16. The van der Waals surface area contributed by atoms with Crippen LogP contribution in [0.3, 0.4) is 0 Å². The highest BCUT2D eigenvalue weighted by Gasteiger charge is 2.34. The number of hydrogen-bond acceptors (Lipinski definition) is 5. The molecule has 2 aromatic heterocycles. The Morgan fingerprint density at radius 2 is 1.96 bits per heavy atom. The van der Waals surface area contributed by atoms with Gasteiger partial charge in [0.15, 0.2) is 5.82 Å². The summed E-state index contributed by atoms with van der Waals surface area (Å²) in [5.41, 5.74) is 0. The van der Waals surface area contributed by atoms with Crippen LogP contribution >= 0.6 is 0 Å². The van der Waals surface area contributed by atoms with Crippen molar-refractivity contribution < 1.29 is 4.79 Å². The van der Waals surface area contributed by atoms with Gasteiger partial charge in [0, 0.05) is 39.1 Å². The number of carbonyl (C=O) groups is 1. The molecule has 0 aromatic carbocycles. The molecule has 4 rings (SSSR count). The van der Waals surface area contributed by atoms with E-state index in [1.54, 1.807) is 30.0 Å². The fraction of sp³-hybridized carbons (Fsp3) is 0.688. The molecule has 9 nitrogen and oxygen atoms in total. The Hall–Kier alpha value is -2.45. The summed E-state index contributed by atoms with van der Waals surface area (Å²) < 4.78 is 4.10. The minimum Gasteiger partial charge on any atom is -0.331 e. The molecule has 1 aliphatic heterocycles. The molecule has 1 saturated carbocycles. The summed E-state index contributed by atoms with van der Waals surface area (Å²) in [4.78, 5) is 19.7. The van der Waals surface area contributed by atoms with E-state index in [2.05, 4.69) is 24.8 Å². The van der Waals surface area contributed by atoms with E-state index in [4.69, 9.17) is 0 Å². The zero-order valence-electron chi connectivity index (χ0n) is 14.7. The third kappa shape index (κ3) is 3.22. The van der Waals surface area contributed by atoms with Gasteiger partial charge in [-0.1, -0.05) is 0 Å². The van der Waals surface area contributed by atoms with Crippen LogP contribution in [0.4, 0.5) is 4.79 Å². The van der Waals surface area contributed by atoms with Crippen LogP contribution in [0.1, 0.15) is 49.3 Å². The second-order valence-electron chi connectivity index (χ2n) is 7.11. The maximum absolute atomic E-state index is 12.1. The molecule has 1 saturated heterocycles. The minimum atomic E-state index is 0.0916. The molecule has 2 amide bonds. The average molecular weight is 344 g/mol. The largest absolute Gasteiger partial charge is 0.331 e. The van der Waals surface area contributed by atoms with Crippen molar-refractivity contribution in [3.05, 3.63) is 24.3 Å². The number of hydrogen-bond donors (Lipinski definition) is 0. The first kappa shape index (κ1) is 16.0. The Bertz CT molecular complexity index is 725. The summed E-state index contributed by atoms with van der Waals surface area (Å²) in [7, 11) is 3.60. The van der Waals surface area contributed by atoms with Gasteiger partial charge in [-0.15, -0.1) is 10.2 Å². The molecule has 25 heavy (non-hydrogen) atoms. The molecule has 0 bridgehead atoms. The number of aromatic nitrogens is 6. The maximum Gasteiger partial charge on any atom is 0.319 e. The first-order chi connectivity index (χ1) is 12.1. The summed E-state index contributed by atoms with van der Waals surface area (Å²) in [6, 6.07) is 0.610. The summed E-state index contributed by atoms with van der Waals surface area (Å²) in [6.07, 6.45) is 7.50. The second kappa shape index (κ2) is 6.45. The molecule has 0 radical (unpaired) electrons. The minimum absolute atomic E-state index is 0.0916. The molecule has 1 aliphatic carbocycles. The van der Waals surface area contributed by atoms with E-state index in [9.17, 15) is 4.79 Å². The SMILES string of the molecule is CN(C)C(=O)N1CCC(c2nnc(Cn3cncn3)n2C2CC2)CC1. The zero-order valence-corrected chi connectivity index (χ0v) is 14.7. The van der Waals surface area contributed by atoms with Gasteiger partial charge >= 0.3 is 6.03 Å². The summed E-state index contributed by atoms with van der Waals surface area (Å²) in [6.45, 7) is 2.15. The van der Waals surface area contributed by atoms with Crippen molar-refractivity contribution in [1.82, 2.24) is 39.3 Å². The molecule has 134 valence electrons. The third-order valence-corrected chi connectivity index (χ3v) is 4.99. The van der Waals surface area contributed by atoms with Gasteiger partial charge in [0.1, 0.15) is 25.0 Å². The Kier molecular flexibility index (Phi) is 4.14. The monoisotopic (exact) mass is 344 g/mol. The Balaban J connectivity index is 1.49. The van der Waals surface area contributed by atoms with E-state index in [1.165, 1.54) is 19.2 Å². The van der Waals surface area contributed by atoms with E-state index < -0.39 is 0 Å². The number of nitrogens with zero attached hydrogens (tertiary/aromatic N) is 8. The van der Waals surface area contributed by atoms with Gasteiger partial charge in [-0.25, -0.2) is 14.5 Å². The summed E-state index contributed by atoms with van der Waals surface area (Å²) >= 11 is 0. The lowest BCUT2D eigenvalue weighted by Gasteiger charge is -2.33. The fourth-order valence-electron chi connectivity index (χ4n) is 3.53. The van der Waals surface area contributed by atoms with Gasteiger partial charge in [-0.2, -0.15) is 5.10 Å². The van der Waals surface area contributed by atoms with E-state index >= 15 is 0 Å². The normalized spacial score (nSPS) is 18.6. The van der Waals surface area contributed by atoms with E-state index in [0.29, 0.717) is 18.5 Å². The predicted octanol–water partition coefficient (Wildman–Crippen LogP) is 1.11. The number of carbonyl (C=O) groups excluding carboxylic acids is 1. The lowest BCUT2D eigenvalue weighted by atomic mass is 9.96. The smallest absolute Gasteiger partial charge is 0.319 e. The molecule has 0 unspecified atom stereocenters. The van der Waals surface area contributed by atoms with E-state index in [0.717, 1.165) is 37.6 Å². The maximum atomic E-state index is 12.1. The molecule has 2 aliphatic rings. The van der Waals surface area contributed by atoms with Gasteiger partial charge in [0.25, 0.3) is 0 Å². The van der Waals surface area contributed by atoms with Crippen LogP contribution in [-0.4, -0.2) is 72.5 Å². The van der Waals surface area contributed by atoms with Crippen molar-refractivity contribution in [2.45, 2.75) is 44.2 Å². The zero-order chi connectivity index (χ0) is 17.4. The van der Waals surface area contributed by atoms with Crippen molar-refractivity contribution >= 4 is 6.03 Å². The van der Waals surface area contributed by atoms with Gasteiger partial charge < -0.3 is 14.4 Å². The topological polar surface area (TPSA) is 85.0 Å². The Morgan fingerprint density at radius 3 is 2.56 bits per heavy atom. The lowest BCUT2D eigenvalue weighted by molar-refractivity contribution is 0.155. The van der Waals surface area contributed by atoms with Crippen molar-refractivity contribution in [2.24, 2.45) is 0 Å². The van der Waals surface area contributed by atoms with Crippen molar-refractivity contribution in [3.63, 3.8) is 0 Å². The van der Waals surface area contributed by atoms with Crippen molar-refractivity contribution in [1.29, 1.82) is 0 Å².